The Hall–Kier alpha value is -3.52. The van der Waals surface area contributed by atoms with Crippen molar-refractivity contribution < 1.29 is 9.59 Å². The van der Waals surface area contributed by atoms with Crippen LogP contribution in [0.1, 0.15) is 31.4 Å². The van der Waals surface area contributed by atoms with Crippen molar-refractivity contribution in [1.29, 1.82) is 0 Å². The van der Waals surface area contributed by atoms with Gasteiger partial charge in [0.2, 0.25) is 5.91 Å². The van der Waals surface area contributed by atoms with Crippen LogP contribution in [0, 0.1) is 0 Å². The summed E-state index contributed by atoms with van der Waals surface area (Å²) >= 11 is 0. The van der Waals surface area contributed by atoms with E-state index in [0.717, 1.165) is 25.3 Å². The normalized spacial score (nSPS) is 15.4. The number of anilines is 2. The van der Waals surface area contributed by atoms with E-state index in [9.17, 15) is 9.59 Å². The number of aromatic nitrogens is 3. The third-order valence-corrected chi connectivity index (χ3v) is 5.12. The third-order valence-electron chi connectivity index (χ3n) is 5.12. The van der Waals surface area contributed by atoms with Crippen molar-refractivity contribution in [2.75, 3.05) is 18.4 Å². The van der Waals surface area contributed by atoms with Crippen LogP contribution in [-0.4, -0.2) is 44.4 Å². The molecule has 4 rings (SSSR count). The Bertz CT molecular complexity index is 1130. The van der Waals surface area contributed by atoms with Crippen LogP contribution in [0.4, 0.5) is 11.5 Å². The molecule has 0 bridgehead atoms. The second-order valence-electron chi connectivity index (χ2n) is 7.19. The molecule has 1 aliphatic rings. The average Bonchev–Trinajstić information content (AvgIpc) is 3.28. The first kappa shape index (κ1) is 19.8. The number of hydrogen-bond acceptors (Lipinski definition) is 6. The first-order valence-corrected chi connectivity index (χ1v) is 10.0. The molecule has 2 aromatic heterocycles. The van der Waals surface area contributed by atoms with Crippen LogP contribution in [0.2, 0.25) is 0 Å². The topological polar surface area (TPSA) is 91.6 Å². The molecular weight excluding hydrogens is 380 g/mol. The minimum Gasteiger partial charge on any atom is -0.340 e. The third kappa shape index (κ3) is 4.23. The van der Waals surface area contributed by atoms with Crippen molar-refractivity contribution in [3.8, 4) is 0 Å². The molecule has 0 unspecified atom stereocenters. The molecule has 8 heteroatoms. The van der Waals surface area contributed by atoms with Gasteiger partial charge in [-0.05, 0) is 42.9 Å². The van der Waals surface area contributed by atoms with Gasteiger partial charge >= 0.3 is 0 Å². The second-order valence-corrected chi connectivity index (χ2v) is 7.19. The van der Waals surface area contributed by atoms with Gasteiger partial charge in [0.25, 0.3) is 5.91 Å². The molecule has 2 amide bonds. The summed E-state index contributed by atoms with van der Waals surface area (Å²) in [6, 6.07) is 10.1. The summed E-state index contributed by atoms with van der Waals surface area (Å²) in [4.78, 5) is 30.3. The van der Waals surface area contributed by atoms with Gasteiger partial charge in [0.1, 0.15) is 5.82 Å². The van der Waals surface area contributed by atoms with Gasteiger partial charge in [-0.2, -0.15) is 5.10 Å². The molecule has 2 N–H and O–H groups in total. The first-order valence-electron chi connectivity index (χ1n) is 10.0. The molecule has 154 valence electrons. The number of nitrogens with zero attached hydrogens (tertiary/aromatic N) is 4. The predicted molar refractivity (Wildman–Crippen MR) is 115 cm³/mol. The quantitative estimate of drug-likeness (QED) is 0.465. The molecule has 8 nitrogen and oxygen atoms in total. The standard InChI is InChI=1S/C22H24N6O2/c1-3-27(4-2)14-15-6-5-7-18(10-15)24-19-8-9-28-21(25-19)17(13-23-28)11-16-12-20(29)26-22(16)30/h5-11,13H,3-4,12,14H2,1-2H3,(H,24,25)(H,26,29,30)/b16-11+. The lowest BCUT2D eigenvalue weighted by Crippen LogP contribution is -2.22. The highest BCUT2D eigenvalue weighted by Gasteiger charge is 2.24. The van der Waals surface area contributed by atoms with Gasteiger partial charge < -0.3 is 5.32 Å². The molecule has 3 aromatic rings. The Morgan fingerprint density at radius 3 is 2.80 bits per heavy atom. The van der Waals surface area contributed by atoms with Gasteiger partial charge in [-0.15, -0.1) is 0 Å². The van der Waals surface area contributed by atoms with Crippen molar-refractivity contribution in [1.82, 2.24) is 24.8 Å². The molecule has 0 radical (unpaired) electrons. The van der Waals surface area contributed by atoms with E-state index < -0.39 is 0 Å². The minimum absolute atomic E-state index is 0.0768. The monoisotopic (exact) mass is 404 g/mol. The van der Waals surface area contributed by atoms with Crippen molar-refractivity contribution in [2.24, 2.45) is 0 Å². The molecule has 1 fully saturated rings. The minimum atomic E-state index is -0.362. The molecule has 1 aromatic carbocycles. The molecular formula is C22H24N6O2. The van der Waals surface area contributed by atoms with E-state index in [2.05, 4.69) is 51.6 Å². The Morgan fingerprint density at radius 1 is 1.23 bits per heavy atom. The molecule has 3 heterocycles. The van der Waals surface area contributed by atoms with Gasteiger partial charge in [0.15, 0.2) is 5.65 Å². The second kappa shape index (κ2) is 8.46. The van der Waals surface area contributed by atoms with E-state index in [1.807, 2.05) is 24.4 Å². The number of benzene rings is 1. The van der Waals surface area contributed by atoms with Crippen LogP contribution in [0.3, 0.4) is 0 Å². The van der Waals surface area contributed by atoms with Crippen LogP contribution in [-0.2, 0) is 16.1 Å². The molecule has 30 heavy (non-hydrogen) atoms. The number of carbonyl (C=O) groups is 2. The SMILES string of the molecule is CCN(CC)Cc1cccc(Nc2ccn3ncc(/C=C4\CC(=O)NC4=O)c3n2)c1. The number of imide groups is 1. The van der Waals surface area contributed by atoms with Crippen LogP contribution in [0.15, 0.2) is 48.3 Å². The summed E-state index contributed by atoms with van der Waals surface area (Å²) in [6.45, 7) is 7.24. The van der Waals surface area contributed by atoms with Gasteiger partial charge in [0.05, 0.1) is 12.6 Å². The summed E-state index contributed by atoms with van der Waals surface area (Å²) in [5.41, 5.74) is 3.90. The summed E-state index contributed by atoms with van der Waals surface area (Å²) in [5, 5.41) is 9.91. The molecule has 1 aliphatic heterocycles. The van der Waals surface area contributed by atoms with Gasteiger partial charge in [-0.1, -0.05) is 26.0 Å². The first-order chi connectivity index (χ1) is 14.6. The number of carbonyl (C=O) groups excluding carboxylic acids is 2. The maximum atomic E-state index is 11.8. The van der Waals surface area contributed by atoms with Crippen molar-refractivity contribution in [2.45, 2.75) is 26.8 Å². The lowest BCUT2D eigenvalue weighted by molar-refractivity contribution is -0.124. The molecule has 0 spiro atoms. The lowest BCUT2D eigenvalue weighted by atomic mass is 10.1. The average molecular weight is 404 g/mol. The molecule has 0 aliphatic carbocycles. The highest BCUT2D eigenvalue weighted by Crippen LogP contribution is 2.21. The van der Waals surface area contributed by atoms with Gasteiger partial charge in [-0.25, -0.2) is 9.50 Å². The van der Waals surface area contributed by atoms with E-state index in [4.69, 9.17) is 0 Å². The van der Waals surface area contributed by atoms with E-state index in [1.165, 1.54) is 5.56 Å². The lowest BCUT2D eigenvalue weighted by Gasteiger charge is -2.18. The highest BCUT2D eigenvalue weighted by atomic mass is 16.2. The number of hydrogen-bond donors (Lipinski definition) is 2. The predicted octanol–water partition coefficient (Wildman–Crippen LogP) is 2.74. The molecule has 0 saturated carbocycles. The molecule has 0 atom stereocenters. The fourth-order valence-electron chi connectivity index (χ4n) is 3.47. The maximum absolute atomic E-state index is 11.8. The van der Waals surface area contributed by atoms with Gasteiger partial charge in [-0.3, -0.25) is 19.8 Å². The zero-order chi connectivity index (χ0) is 21.1. The zero-order valence-corrected chi connectivity index (χ0v) is 17.1. The van der Waals surface area contributed by atoms with E-state index in [1.54, 1.807) is 16.8 Å². The van der Waals surface area contributed by atoms with Crippen molar-refractivity contribution >= 4 is 35.0 Å². The fraction of sp³-hybridized carbons (Fsp3) is 0.273. The van der Waals surface area contributed by atoms with Crippen LogP contribution in [0.25, 0.3) is 11.7 Å². The Morgan fingerprint density at radius 2 is 2.07 bits per heavy atom. The Balaban J connectivity index is 1.58. The van der Waals surface area contributed by atoms with E-state index in [-0.39, 0.29) is 18.2 Å². The highest BCUT2D eigenvalue weighted by molar-refractivity contribution is 6.15. The zero-order valence-electron chi connectivity index (χ0n) is 17.1. The summed E-state index contributed by atoms with van der Waals surface area (Å²) < 4.78 is 1.64. The van der Waals surface area contributed by atoms with E-state index >= 15 is 0 Å². The van der Waals surface area contributed by atoms with Crippen LogP contribution in [0.5, 0.6) is 0 Å². The number of fused-ring (bicyclic) bond motifs is 1. The summed E-state index contributed by atoms with van der Waals surface area (Å²) in [6.07, 6.45) is 5.20. The summed E-state index contributed by atoms with van der Waals surface area (Å²) in [7, 11) is 0. The van der Waals surface area contributed by atoms with Gasteiger partial charge in [0, 0.05) is 29.6 Å². The molecule has 1 saturated heterocycles. The van der Waals surface area contributed by atoms with Crippen molar-refractivity contribution in [3.05, 3.63) is 59.4 Å². The smallest absolute Gasteiger partial charge is 0.254 e. The largest absolute Gasteiger partial charge is 0.340 e. The number of rotatable bonds is 7. The van der Waals surface area contributed by atoms with Crippen LogP contribution < -0.4 is 10.6 Å². The fourth-order valence-corrected chi connectivity index (χ4v) is 3.47. The van der Waals surface area contributed by atoms with Crippen LogP contribution >= 0.6 is 0 Å². The maximum Gasteiger partial charge on any atom is 0.254 e. The number of nitrogens with one attached hydrogen (secondary N) is 2. The number of amides is 2. The Labute approximate surface area is 174 Å². The summed E-state index contributed by atoms with van der Waals surface area (Å²) in [5.74, 6) is 0.0240. The van der Waals surface area contributed by atoms with Crippen molar-refractivity contribution in [3.63, 3.8) is 0 Å². The Kier molecular flexibility index (Phi) is 5.58. The van der Waals surface area contributed by atoms with E-state index in [0.29, 0.717) is 22.6 Å².